The van der Waals surface area contributed by atoms with Gasteiger partial charge >= 0.3 is 0 Å². The lowest BCUT2D eigenvalue weighted by atomic mass is 10.1. The monoisotopic (exact) mass is 282 g/mol. The lowest BCUT2D eigenvalue weighted by Crippen LogP contribution is -2.16. The SMILES string of the molecule is NC(=O)Cc1ccccc1NC1CCc2c(O)cccc21. The molecular formula is C17H18N2O2. The van der Waals surface area contributed by atoms with Gasteiger partial charge in [0, 0.05) is 5.69 Å². The van der Waals surface area contributed by atoms with Gasteiger partial charge < -0.3 is 16.2 Å². The molecular weight excluding hydrogens is 264 g/mol. The van der Waals surface area contributed by atoms with Gasteiger partial charge in [0.25, 0.3) is 0 Å². The number of phenols is 1. The van der Waals surface area contributed by atoms with Crippen molar-refractivity contribution < 1.29 is 9.90 Å². The Kier molecular flexibility index (Phi) is 3.52. The minimum atomic E-state index is -0.339. The van der Waals surface area contributed by atoms with E-state index in [9.17, 15) is 9.90 Å². The number of rotatable bonds is 4. The highest BCUT2D eigenvalue weighted by atomic mass is 16.3. The average molecular weight is 282 g/mol. The number of hydrogen-bond donors (Lipinski definition) is 3. The largest absolute Gasteiger partial charge is 0.508 e. The first kappa shape index (κ1) is 13.5. The summed E-state index contributed by atoms with van der Waals surface area (Å²) in [4.78, 5) is 11.2. The Morgan fingerprint density at radius 3 is 2.86 bits per heavy atom. The summed E-state index contributed by atoms with van der Waals surface area (Å²) in [6.07, 6.45) is 2.01. The number of aromatic hydroxyl groups is 1. The van der Waals surface area contributed by atoms with E-state index < -0.39 is 0 Å². The van der Waals surface area contributed by atoms with Gasteiger partial charge in [0.05, 0.1) is 12.5 Å². The number of phenolic OH excluding ortho intramolecular Hbond substituents is 1. The molecule has 2 aromatic rings. The van der Waals surface area contributed by atoms with E-state index >= 15 is 0 Å². The van der Waals surface area contributed by atoms with E-state index in [0.29, 0.717) is 5.75 Å². The summed E-state index contributed by atoms with van der Waals surface area (Å²) in [6.45, 7) is 0. The van der Waals surface area contributed by atoms with E-state index in [1.165, 1.54) is 0 Å². The number of fused-ring (bicyclic) bond motifs is 1. The highest BCUT2D eigenvalue weighted by Crippen LogP contribution is 2.38. The van der Waals surface area contributed by atoms with Crippen LogP contribution in [-0.2, 0) is 17.6 Å². The van der Waals surface area contributed by atoms with Crippen molar-refractivity contribution >= 4 is 11.6 Å². The van der Waals surface area contributed by atoms with Gasteiger partial charge in [0.2, 0.25) is 5.91 Å². The first-order chi connectivity index (χ1) is 10.1. The number of nitrogens with two attached hydrogens (primary N) is 1. The van der Waals surface area contributed by atoms with Crippen LogP contribution < -0.4 is 11.1 Å². The van der Waals surface area contributed by atoms with E-state index in [2.05, 4.69) is 5.32 Å². The number of carbonyl (C=O) groups excluding carboxylic acids is 1. The summed E-state index contributed by atoms with van der Waals surface area (Å²) in [5.74, 6) is 0.0240. The van der Waals surface area contributed by atoms with Crippen LogP contribution in [0.2, 0.25) is 0 Å². The fourth-order valence-electron chi connectivity index (χ4n) is 2.98. The molecule has 1 atom stereocenters. The van der Waals surface area contributed by atoms with E-state index in [-0.39, 0.29) is 18.4 Å². The zero-order valence-electron chi connectivity index (χ0n) is 11.7. The van der Waals surface area contributed by atoms with Gasteiger partial charge in [0.15, 0.2) is 0 Å². The molecule has 1 aliphatic rings. The second-order valence-electron chi connectivity index (χ2n) is 5.38. The molecule has 4 heteroatoms. The normalized spacial score (nSPS) is 16.5. The molecule has 2 aromatic carbocycles. The van der Waals surface area contributed by atoms with Crippen LogP contribution in [0.1, 0.15) is 29.2 Å². The highest BCUT2D eigenvalue weighted by molar-refractivity contribution is 5.78. The quantitative estimate of drug-likeness (QED) is 0.806. The second-order valence-corrected chi connectivity index (χ2v) is 5.38. The Morgan fingerprint density at radius 1 is 1.24 bits per heavy atom. The molecule has 0 bridgehead atoms. The van der Waals surface area contributed by atoms with E-state index in [1.54, 1.807) is 6.07 Å². The van der Waals surface area contributed by atoms with E-state index in [1.807, 2.05) is 36.4 Å². The van der Waals surface area contributed by atoms with Gasteiger partial charge in [-0.05, 0) is 41.7 Å². The number of carbonyl (C=O) groups is 1. The third-order valence-corrected chi connectivity index (χ3v) is 3.96. The Morgan fingerprint density at radius 2 is 2.05 bits per heavy atom. The Hall–Kier alpha value is -2.49. The molecule has 0 saturated carbocycles. The summed E-state index contributed by atoms with van der Waals surface area (Å²) in [5, 5.41) is 13.4. The van der Waals surface area contributed by atoms with Gasteiger partial charge in [-0.2, -0.15) is 0 Å². The smallest absolute Gasteiger partial charge is 0.221 e. The predicted molar refractivity (Wildman–Crippen MR) is 82.1 cm³/mol. The first-order valence-electron chi connectivity index (χ1n) is 7.08. The Balaban J connectivity index is 1.87. The summed E-state index contributed by atoms with van der Waals surface area (Å²) >= 11 is 0. The van der Waals surface area contributed by atoms with Crippen LogP contribution in [0, 0.1) is 0 Å². The Bertz CT molecular complexity index is 682. The van der Waals surface area contributed by atoms with Crippen LogP contribution in [0.5, 0.6) is 5.75 Å². The minimum Gasteiger partial charge on any atom is -0.508 e. The van der Waals surface area contributed by atoms with Gasteiger partial charge in [-0.15, -0.1) is 0 Å². The van der Waals surface area contributed by atoms with Crippen LogP contribution in [-0.4, -0.2) is 11.0 Å². The molecule has 4 nitrogen and oxygen atoms in total. The van der Waals surface area contributed by atoms with Crippen molar-refractivity contribution in [1.29, 1.82) is 0 Å². The van der Waals surface area contributed by atoms with Crippen molar-refractivity contribution in [2.45, 2.75) is 25.3 Å². The maximum atomic E-state index is 11.2. The molecule has 0 saturated heterocycles. The number of anilines is 1. The summed E-state index contributed by atoms with van der Waals surface area (Å²) in [5.41, 5.74) is 9.27. The van der Waals surface area contributed by atoms with Crippen LogP contribution >= 0.6 is 0 Å². The molecule has 0 spiro atoms. The van der Waals surface area contributed by atoms with Crippen LogP contribution in [0.25, 0.3) is 0 Å². The van der Waals surface area contributed by atoms with E-state index in [0.717, 1.165) is 35.2 Å². The van der Waals surface area contributed by atoms with Crippen molar-refractivity contribution in [2.75, 3.05) is 5.32 Å². The lowest BCUT2D eigenvalue weighted by Gasteiger charge is -2.18. The number of amides is 1. The number of benzene rings is 2. The van der Waals surface area contributed by atoms with Crippen molar-refractivity contribution in [3.05, 3.63) is 59.2 Å². The number of nitrogens with one attached hydrogen (secondary N) is 1. The predicted octanol–water partition coefficient (Wildman–Crippen LogP) is 2.52. The molecule has 0 heterocycles. The van der Waals surface area contributed by atoms with Gasteiger partial charge in [-0.25, -0.2) is 0 Å². The molecule has 3 rings (SSSR count). The van der Waals surface area contributed by atoms with Crippen molar-refractivity contribution in [3.63, 3.8) is 0 Å². The molecule has 21 heavy (non-hydrogen) atoms. The van der Waals surface area contributed by atoms with Gasteiger partial charge in [-0.3, -0.25) is 4.79 Å². The highest BCUT2D eigenvalue weighted by Gasteiger charge is 2.24. The molecule has 0 aromatic heterocycles. The van der Waals surface area contributed by atoms with Crippen LogP contribution in [0.3, 0.4) is 0 Å². The standard InChI is InChI=1S/C17H18N2O2/c18-17(21)10-11-4-1-2-6-14(11)19-15-9-8-13-12(15)5-3-7-16(13)20/h1-7,15,19-20H,8-10H2,(H2,18,21). The maximum Gasteiger partial charge on any atom is 0.221 e. The summed E-state index contributed by atoms with van der Waals surface area (Å²) in [6, 6.07) is 13.5. The third-order valence-electron chi connectivity index (χ3n) is 3.96. The molecule has 108 valence electrons. The average Bonchev–Trinajstić information content (AvgIpc) is 2.85. The summed E-state index contributed by atoms with van der Waals surface area (Å²) in [7, 11) is 0. The molecule has 0 fully saturated rings. The van der Waals surface area contributed by atoms with Crippen molar-refractivity contribution in [2.24, 2.45) is 5.73 Å². The van der Waals surface area contributed by atoms with Gasteiger partial charge in [0.1, 0.15) is 5.75 Å². The third kappa shape index (κ3) is 2.70. The topological polar surface area (TPSA) is 75.4 Å². The first-order valence-corrected chi connectivity index (χ1v) is 7.08. The molecule has 1 amide bonds. The fourth-order valence-corrected chi connectivity index (χ4v) is 2.98. The second kappa shape index (κ2) is 5.48. The summed E-state index contributed by atoms with van der Waals surface area (Å²) < 4.78 is 0. The maximum absolute atomic E-state index is 11.2. The number of hydrogen-bond acceptors (Lipinski definition) is 3. The van der Waals surface area contributed by atoms with Crippen LogP contribution in [0.15, 0.2) is 42.5 Å². The fraction of sp³-hybridized carbons (Fsp3) is 0.235. The number of para-hydroxylation sites is 1. The van der Waals surface area contributed by atoms with Crippen molar-refractivity contribution in [3.8, 4) is 5.75 Å². The molecule has 1 aliphatic carbocycles. The minimum absolute atomic E-state index is 0.154. The zero-order chi connectivity index (χ0) is 14.8. The molecule has 0 aliphatic heterocycles. The molecule has 1 unspecified atom stereocenters. The molecule has 0 radical (unpaired) electrons. The lowest BCUT2D eigenvalue weighted by molar-refractivity contribution is -0.117. The number of primary amides is 1. The van der Waals surface area contributed by atoms with Crippen LogP contribution in [0.4, 0.5) is 5.69 Å². The van der Waals surface area contributed by atoms with Gasteiger partial charge in [-0.1, -0.05) is 30.3 Å². The molecule has 4 N–H and O–H groups in total. The van der Waals surface area contributed by atoms with Crippen molar-refractivity contribution in [1.82, 2.24) is 0 Å². The Labute approximate surface area is 123 Å². The van der Waals surface area contributed by atoms with E-state index in [4.69, 9.17) is 5.73 Å². The zero-order valence-corrected chi connectivity index (χ0v) is 11.7.